The SMILES string of the molecule is CCOC(=O)c1ccc(NC(=O)c2ccc(O)c(N)c2)cc1. The van der Waals surface area contributed by atoms with E-state index in [1.165, 1.54) is 18.2 Å². The molecule has 0 spiro atoms. The van der Waals surface area contributed by atoms with Crippen LogP contribution in [-0.2, 0) is 4.74 Å². The Bertz CT molecular complexity index is 696. The van der Waals surface area contributed by atoms with Crippen molar-refractivity contribution in [3.8, 4) is 5.75 Å². The van der Waals surface area contributed by atoms with Gasteiger partial charge in [0.25, 0.3) is 5.91 Å². The fourth-order valence-corrected chi connectivity index (χ4v) is 1.80. The number of carbonyl (C=O) groups excluding carboxylic acids is 2. The average Bonchev–Trinajstić information content (AvgIpc) is 2.51. The predicted molar refractivity (Wildman–Crippen MR) is 82.9 cm³/mol. The maximum atomic E-state index is 12.1. The second kappa shape index (κ2) is 6.62. The molecule has 0 radical (unpaired) electrons. The Kier molecular flexibility index (Phi) is 4.63. The molecule has 0 saturated heterocycles. The molecule has 1 amide bonds. The number of hydrogen-bond acceptors (Lipinski definition) is 5. The van der Waals surface area contributed by atoms with Crippen molar-refractivity contribution >= 4 is 23.3 Å². The Balaban J connectivity index is 2.08. The van der Waals surface area contributed by atoms with Gasteiger partial charge in [-0.1, -0.05) is 0 Å². The predicted octanol–water partition coefficient (Wildman–Crippen LogP) is 2.40. The zero-order chi connectivity index (χ0) is 16.1. The van der Waals surface area contributed by atoms with Gasteiger partial charge in [-0.25, -0.2) is 4.79 Å². The van der Waals surface area contributed by atoms with Crippen molar-refractivity contribution in [1.29, 1.82) is 0 Å². The molecule has 114 valence electrons. The Labute approximate surface area is 127 Å². The smallest absolute Gasteiger partial charge is 0.338 e. The number of carbonyl (C=O) groups is 2. The molecule has 0 aliphatic heterocycles. The summed E-state index contributed by atoms with van der Waals surface area (Å²) in [6.45, 7) is 2.04. The van der Waals surface area contributed by atoms with E-state index in [2.05, 4.69) is 5.32 Å². The van der Waals surface area contributed by atoms with Gasteiger partial charge in [0.15, 0.2) is 0 Å². The van der Waals surface area contributed by atoms with E-state index in [0.717, 1.165) is 0 Å². The molecule has 0 fully saturated rings. The lowest BCUT2D eigenvalue weighted by molar-refractivity contribution is 0.0526. The highest BCUT2D eigenvalue weighted by molar-refractivity contribution is 6.05. The van der Waals surface area contributed by atoms with Gasteiger partial charge in [-0.2, -0.15) is 0 Å². The van der Waals surface area contributed by atoms with Gasteiger partial charge in [0.2, 0.25) is 0 Å². The van der Waals surface area contributed by atoms with Crippen molar-refractivity contribution in [2.45, 2.75) is 6.92 Å². The van der Waals surface area contributed by atoms with Crippen molar-refractivity contribution in [3.05, 3.63) is 53.6 Å². The Morgan fingerprint density at radius 1 is 1.14 bits per heavy atom. The number of hydrogen-bond donors (Lipinski definition) is 3. The number of ether oxygens (including phenoxy) is 1. The fraction of sp³-hybridized carbons (Fsp3) is 0.125. The maximum Gasteiger partial charge on any atom is 0.338 e. The first kappa shape index (κ1) is 15.4. The summed E-state index contributed by atoms with van der Waals surface area (Å²) in [6.07, 6.45) is 0. The molecular weight excluding hydrogens is 284 g/mol. The van der Waals surface area contributed by atoms with Crippen LogP contribution in [0.2, 0.25) is 0 Å². The molecule has 0 heterocycles. The topological polar surface area (TPSA) is 102 Å². The molecule has 0 aliphatic carbocycles. The van der Waals surface area contributed by atoms with E-state index >= 15 is 0 Å². The van der Waals surface area contributed by atoms with E-state index in [9.17, 15) is 14.7 Å². The van der Waals surface area contributed by atoms with Crippen molar-refractivity contribution in [3.63, 3.8) is 0 Å². The number of aromatic hydroxyl groups is 1. The van der Waals surface area contributed by atoms with Crippen LogP contribution in [0.4, 0.5) is 11.4 Å². The first-order valence-corrected chi connectivity index (χ1v) is 6.68. The number of anilines is 2. The third-order valence-electron chi connectivity index (χ3n) is 2.94. The first-order valence-electron chi connectivity index (χ1n) is 6.68. The Morgan fingerprint density at radius 2 is 1.77 bits per heavy atom. The zero-order valence-corrected chi connectivity index (χ0v) is 12.0. The van der Waals surface area contributed by atoms with E-state index in [-0.39, 0.29) is 17.3 Å². The van der Waals surface area contributed by atoms with Crippen LogP contribution in [-0.4, -0.2) is 23.6 Å². The summed E-state index contributed by atoms with van der Waals surface area (Å²) in [5.41, 5.74) is 6.95. The molecule has 0 saturated carbocycles. The van der Waals surface area contributed by atoms with Gasteiger partial charge in [0.05, 0.1) is 17.9 Å². The van der Waals surface area contributed by atoms with Crippen LogP contribution >= 0.6 is 0 Å². The molecule has 0 atom stereocenters. The standard InChI is InChI=1S/C16H16N2O4/c1-2-22-16(21)10-3-6-12(7-4-10)18-15(20)11-5-8-14(19)13(17)9-11/h3-9,19H,2,17H2,1H3,(H,18,20). The van der Waals surface area contributed by atoms with E-state index in [0.29, 0.717) is 23.4 Å². The summed E-state index contributed by atoms with van der Waals surface area (Å²) < 4.78 is 4.88. The number of benzene rings is 2. The maximum absolute atomic E-state index is 12.1. The minimum atomic E-state index is -0.410. The van der Waals surface area contributed by atoms with Crippen LogP contribution in [0.25, 0.3) is 0 Å². The molecule has 2 aromatic rings. The number of rotatable bonds is 4. The number of nitrogens with one attached hydrogen (secondary N) is 1. The summed E-state index contributed by atoms with van der Waals surface area (Å²) in [4.78, 5) is 23.6. The third kappa shape index (κ3) is 3.54. The molecule has 6 heteroatoms. The number of nitrogen functional groups attached to an aromatic ring is 1. The van der Waals surface area contributed by atoms with Gasteiger partial charge in [0.1, 0.15) is 5.75 Å². The summed E-state index contributed by atoms with van der Waals surface area (Å²) in [5, 5.41) is 12.0. The molecule has 22 heavy (non-hydrogen) atoms. The summed E-state index contributed by atoms with van der Waals surface area (Å²) in [6, 6.07) is 10.6. The van der Waals surface area contributed by atoms with Gasteiger partial charge < -0.3 is 20.9 Å². The van der Waals surface area contributed by atoms with Crippen LogP contribution in [0.3, 0.4) is 0 Å². The van der Waals surface area contributed by atoms with Crippen molar-refractivity contribution in [1.82, 2.24) is 0 Å². The molecule has 0 bridgehead atoms. The number of amides is 1. The molecule has 0 aromatic heterocycles. The van der Waals surface area contributed by atoms with Crippen LogP contribution in [0.5, 0.6) is 5.75 Å². The quantitative estimate of drug-likeness (QED) is 0.457. The minimum Gasteiger partial charge on any atom is -0.506 e. The van der Waals surface area contributed by atoms with Crippen molar-refractivity contribution < 1.29 is 19.4 Å². The molecule has 0 aliphatic rings. The number of esters is 1. The highest BCUT2D eigenvalue weighted by Gasteiger charge is 2.10. The highest BCUT2D eigenvalue weighted by atomic mass is 16.5. The molecule has 2 aromatic carbocycles. The lowest BCUT2D eigenvalue weighted by Gasteiger charge is -2.07. The van der Waals surface area contributed by atoms with E-state index in [4.69, 9.17) is 10.5 Å². The lowest BCUT2D eigenvalue weighted by Crippen LogP contribution is -2.12. The van der Waals surface area contributed by atoms with Crippen molar-refractivity contribution in [2.75, 3.05) is 17.7 Å². The molecule has 4 N–H and O–H groups in total. The monoisotopic (exact) mass is 300 g/mol. The second-order valence-corrected chi connectivity index (χ2v) is 4.53. The molecule has 6 nitrogen and oxygen atoms in total. The van der Waals surface area contributed by atoms with Crippen molar-refractivity contribution in [2.24, 2.45) is 0 Å². The largest absolute Gasteiger partial charge is 0.506 e. The van der Waals surface area contributed by atoms with Gasteiger partial charge in [-0.15, -0.1) is 0 Å². The zero-order valence-electron chi connectivity index (χ0n) is 12.0. The number of phenolic OH excluding ortho intramolecular Hbond substituents is 1. The van der Waals surface area contributed by atoms with Crippen LogP contribution in [0.1, 0.15) is 27.6 Å². The Morgan fingerprint density at radius 3 is 2.36 bits per heavy atom. The lowest BCUT2D eigenvalue weighted by atomic mass is 10.1. The van der Waals surface area contributed by atoms with Gasteiger partial charge in [-0.3, -0.25) is 4.79 Å². The number of phenols is 1. The van der Waals surface area contributed by atoms with Gasteiger partial charge in [0, 0.05) is 11.3 Å². The average molecular weight is 300 g/mol. The minimum absolute atomic E-state index is 0.0738. The molecule has 0 unspecified atom stereocenters. The van der Waals surface area contributed by atoms with Crippen LogP contribution in [0.15, 0.2) is 42.5 Å². The summed E-state index contributed by atoms with van der Waals surface area (Å²) >= 11 is 0. The first-order chi connectivity index (χ1) is 10.5. The summed E-state index contributed by atoms with van der Waals surface area (Å²) in [7, 11) is 0. The molecular formula is C16H16N2O4. The Hall–Kier alpha value is -3.02. The normalized spacial score (nSPS) is 10.0. The van der Waals surface area contributed by atoms with E-state index in [1.54, 1.807) is 31.2 Å². The molecule has 2 rings (SSSR count). The second-order valence-electron chi connectivity index (χ2n) is 4.53. The van der Waals surface area contributed by atoms with Crippen LogP contribution in [0, 0.1) is 0 Å². The fourth-order valence-electron chi connectivity index (χ4n) is 1.80. The van der Waals surface area contributed by atoms with E-state index < -0.39 is 5.97 Å². The summed E-state index contributed by atoms with van der Waals surface area (Å²) in [5.74, 6) is -0.849. The number of nitrogens with two attached hydrogens (primary N) is 1. The van der Waals surface area contributed by atoms with E-state index in [1.807, 2.05) is 0 Å². The van der Waals surface area contributed by atoms with Gasteiger partial charge >= 0.3 is 5.97 Å². The van der Waals surface area contributed by atoms with Crippen LogP contribution < -0.4 is 11.1 Å². The third-order valence-corrected chi connectivity index (χ3v) is 2.94. The highest BCUT2D eigenvalue weighted by Crippen LogP contribution is 2.21. The van der Waals surface area contributed by atoms with Gasteiger partial charge in [-0.05, 0) is 49.4 Å².